The van der Waals surface area contributed by atoms with E-state index in [1.807, 2.05) is 0 Å². The number of carbonyl (C=O) groups is 2. The molecule has 0 saturated carbocycles. The van der Waals surface area contributed by atoms with E-state index in [1.54, 1.807) is 31.2 Å². The Hall–Kier alpha value is -1.62. The molecule has 1 aromatic carbocycles. The molecule has 1 aromatic heterocycles. The van der Waals surface area contributed by atoms with Crippen LogP contribution in [-0.4, -0.2) is 21.7 Å². The molecule has 112 valence electrons. The molecular formula is C15H9Cl3N2O2. The molecule has 0 saturated heterocycles. The monoisotopic (exact) mass is 354 g/mol. The molecule has 1 aliphatic heterocycles. The summed E-state index contributed by atoms with van der Waals surface area (Å²) in [6.07, 6.45) is 0. The van der Waals surface area contributed by atoms with Gasteiger partial charge in [-0.05, 0) is 30.7 Å². The third kappa shape index (κ3) is 2.47. The lowest BCUT2D eigenvalue weighted by atomic mass is 10.1. The van der Waals surface area contributed by atoms with Gasteiger partial charge in [0.15, 0.2) is 0 Å². The van der Waals surface area contributed by atoms with E-state index in [1.165, 1.54) is 0 Å². The number of halogens is 3. The van der Waals surface area contributed by atoms with Gasteiger partial charge in [-0.3, -0.25) is 14.5 Å². The van der Waals surface area contributed by atoms with Crippen LogP contribution >= 0.6 is 34.8 Å². The lowest BCUT2D eigenvalue weighted by Gasteiger charge is -2.14. The van der Waals surface area contributed by atoms with Crippen LogP contribution in [0.4, 0.5) is 0 Å². The molecule has 22 heavy (non-hydrogen) atoms. The van der Waals surface area contributed by atoms with Gasteiger partial charge in [0, 0.05) is 15.7 Å². The van der Waals surface area contributed by atoms with Gasteiger partial charge in [0.25, 0.3) is 11.8 Å². The fraction of sp³-hybridized carbons (Fsp3) is 0.133. The summed E-state index contributed by atoms with van der Waals surface area (Å²) in [7, 11) is 0. The van der Waals surface area contributed by atoms with E-state index in [9.17, 15) is 9.59 Å². The van der Waals surface area contributed by atoms with E-state index >= 15 is 0 Å². The lowest BCUT2D eigenvalue weighted by Crippen LogP contribution is -2.29. The number of hydrogen-bond donors (Lipinski definition) is 0. The number of aryl methyl sites for hydroxylation is 1. The lowest BCUT2D eigenvalue weighted by molar-refractivity contribution is 0.0642. The van der Waals surface area contributed by atoms with Crippen molar-refractivity contribution >= 4 is 46.6 Å². The molecule has 0 N–H and O–H groups in total. The molecule has 7 heteroatoms. The van der Waals surface area contributed by atoms with Crippen LogP contribution in [0.5, 0.6) is 0 Å². The third-order valence-electron chi connectivity index (χ3n) is 3.38. The molecule has 0 unspecified atom stereocenters. The van der Waals surface area contributed by atoms with Gasteiger partial charge >= 0.3 is 0 Å². The predicted octanol–water partition coefficient (Wildman–Crippen LogP) is 4.15. The molecule has 0 fully saturated rings. The Bertz CT molecular complexity index is 821. The maximum absolute atomic E-state index is 12.4. The molecule has 0 aliphatic carbocycles. The minimum atomic E-state index is -0.469. The van der Waals surface area contributed by atoms with Crippen LogP contribution in [-0.2, 0) is 6.54 Å². The van der Waals surface area contributed by atoms with Gasteiger partial charge in [-0.15, -0.1) is 0 Å². The highest BCUT2D eigenvalue weighted by atomic mass is 35.5. The zero-order valence-corrected chi connectivity index (χ0v) is 13.6. The number of nitrogens with zero attached hydrogens (tertiary/aromatic N) is 2. The van der Waals surface area contributed by atoms with Crippen LogP contribution in [0, 0.1) is 6.92 Å². The maximum Gasteiger partial charge on any atom is 0.265 e. The smallest absolute Gasteiger partial charge is 0.265 e. The first-order valence-corrected chi connectivity index (χ1v) is 7.49. The first-order chi connectivity index (χ1) is 10.4. The number of aromatic nitrogens is 1. The van der Waals surface area contributed by atoms with Crippen molar-refractivity contribution in [2.45, 2.75) is 13.5 Å². The summed E-state index contributed by atoms with van der Waals surface area (Å²) >= 11 is 17.9. The minimum absolute atomic E-state index is 0.0399. The average molecular weight is 356 g/mol. The quantitative estimate of drug-likeness (QED) is 0.601. The second kappa shape index (κ2) is 5.54. The molecule has 0 bridgehead atoms. The second-order valence-electron chi connectivity index (χ2n) is 4.91. The van der Waals surface area contributed by atoms with E-state index in [2.05, 4.69) is 4.98 Å². The summed E-state index contributed by atoms with van der Waals surface area (Å²) in [5, 5.41) is 0.918. The highest BCUT2D eigenvalue weighted by molar-refractivity contribution is 6.36. The third-order valence-corrected chi connectivity index (χ3v) is 4.24. The van der Waals surface area contributed by atoms with Gasteiger partial charge in [0.05, 0.1) is 17.7 Å². The SMILES string of the molecule is Cc1cc2c(c(Cl)n1)C(=O)N(Cc1ccc(Cl)cc1Cl)C2=O. The summed E-state index contributed by atoms with van der Waals surface area (Å²) in [6.45, 7) is 1.76. The topological polar surface area (TPSA) is 50.3 Å². The fourth-order valence-electron chi connectivity index (χ4n) is 2.34. The molecule has 2 heterocycles. The standard InChI is InChI=1S/C15H9Cl3N2O2/c1-7-4-10-12(13(18)19-7)15(22)20(14(10)21)6-8-2-3-9(16)5-11(8)17/h2-5H,6H2,1H3. The minimum Gasteiger partial charge on any atom is -0.270 e. The van der Waals surface area contributed by atoms with E-state index in [0.29, 0.717) is 21.3 Å². The number of imide groups is 1. The Kier molecular flexibility index (Phi) is 3.85. The summed E-state index contributed by atoms with van der Waals surface area (Å²) in [5.41, 5.74) is 1.62. The average Bonchev–Trinajstić information content (AvgIpc) is 2.66. The van der Waals surface area contributed by atoms with Crippen molar-refractivity contribution in [3.63, 3.8) is 0 Å². The summed E-state index contributed by atoms with van der Waals surface area (Å²) < 4.78 is 0. The largest absolute Gasteiger partial charge is 0.270 e. The summed E-state index contributed by atoms with van der Waals surface area (Å²) in [6, 6.07) is 6.46. The van der Waals surface area contributed by atoms with Crippen LogP contribution in [0.25, 0.3) is 0 Å². The van der Waals surface area contributed by atoms with E-state index < -0.39 is 11.8 Å². The second-order valence-corrected chi connectivity index (χ2v) is 6.11. The molecule has 0 spiro atoms. The molecule has 1 aliphatic rings. The van der Waals surface area contributed by atoms with Crippen molar-refractivity contribution in [3.8, 4) is 0 Å². The van der Waals surface area contributed by atoms with Crippen molar-refractivity contribution in [1.29, 1.82) is 0 Å². The Morgan fingerprint density at radius 3 is 2.50 bits per heavy atom. The number of benzene rings is 1. The van der Waals surface area contributed by atoms with E-state index in [4.69, 9.17) is 34.8 Å². The molecule has 2 aromatic rings. The van der Waals surface area contributed by atoms with Crippen molar-refractivity contribution in [2.24, 2.45) is 0 Å². The molecule has 4 nitrogen and oxygen atoms in total. The van der Waals surface area contributed by atoms with Crippen LogP contribution in [0.2, 0.25) is 15.2 Å². The first kappa shape index (κ1) is 15.3. The molecule has 0 atom stereocenters. The van der Waals surface area contributed by atoms with Crippen LogP contribution < -0.4 is 0 Å². The van der Waals surface area contributed by atoms with Gasteiger partial charge in [-0.25, -0.2) is 4.98 Å². The van der Waals surface area contributed by atoms with Crippen LogP contribution in [0.3, 0.4) is 0 Å². The Morgan fingerprint density at radius 1 is 1.09 bits per heavy atom. The summed E-state index contributed by atoms with van der Waals surface area (Å²) in [5.74, 6) is -0.873. The van der Waals surface area contributed by atoms with E-state index in [-0.39, 0.29) is 22.8 Å². The van der Waals surface area contributed by atoms with Crippen molar-refractivity contribution in [1.82, 2.24) is 9.88 Å². The highest BCUT2D eigenvalue weighted by Gasteiger charge is 2.38. The number of fused-ring (bicyclic) bond motifs is 1. The van der Waals surface area contributed by atoms with Crippen LogP contribution in [0.15, 0.2) is 24.3 Å². The van der Waals surface area contributed by atoms with Gasteiger partial charge in [-0.2, -0.15) is 0 Å². The molecule has 0 radical (unpaired) electrons. The van der Waals surface area contributed by atoms with Gasteiger partial charge < -0.3 is 0 Å². The number of carbonyl (C=O) groups excluding carboxylic acids is 2. The van der Waals surface area contributed by atoms with Crippen LogP contribution in [0.1, 0.15) is 32.0 Å². The first-order valence-electron chi connectivity index (χ1n) is 6.35. The van der Waals surface area contributed by atoms with Gasteiger partial charge in [-0.1, -0.05) is 40.9 Å². The van der Waals surface area contributed by atoms with E-state index in [0.717, 1.165) is 4.90 Å². The van der Waals surface area contributed by atoms with Crippen molar-refractivity contribution < 1.29 is 9.59 Å². The number of hydrogen-bond acceptors (Lipinski definition) is 3. The Balaban J connectivity index is 1.99. The highest BCUT2D eigenvalue weighted by Crippen LogP contribution is 2.31. The molecule has 3 rings (SSSR count). The zero-order valence-electron chi connectivity index (χ0n) is 11.4. The summed E-state index contributed by atoms with van der Waals surface area (Å²) in [4.78, 5) is 30.0. The van der Waals surface area contributed by atoms with Gasteiger partial charge in [0.2, 0.25) is 0 Å². The number of pyridine rings is 1. The Morgan fingerprint density at radius 2 is 1.82 bits per heavy atom. The molecular weight excluding hydrogens is 347 g/mol. The van der Waals surface area contributed by atoms with Crippen molar-refractivity contribution in [3.05, 3.63) is 61.8 Å². The normalized spacial score (nSPS) is 13.7. The number of rotatable bonds is 2. The Labute approximate surface area is 141 Å². The predicted molar refractivity (Wildman–Crippen MR) is 84.7 cm³/mol. The van der Waals surface area contributed by atoms with Crippen molar-refractivity contribution in [2.75, 3.05) is 0 Å². The van der Waals surface area contributed by atoms with Gasteiger partial charge in [0.1, 0.15) is 5.15 Å². The number of amides is 2. The zero-order chi connectivity index (χ0) is 16.0. The molecule has 2 amide bonds. The fourth-order valence-corrected chi connectivity index (χ4v) is 3.13. The maximum atomic E-state index is 12.4.